The number of nitrogens with two attached hydrogens (primary N) is 1. The molecule has 3 N–H and O–H groups in total. The van der Waals surface area contributed by atoms with Crippen LogP contribution < -0.4 is 5.73 Å². The molecule has 0 bridgehead atoms. The Bertz CT molecular complexity index is 1260. The molecule has 0 aliphatic heterocycles. The zero-order valence-corrected chi connectivity index (χ0v) is 16.8. The van der Waals surface area contributed by atoms with Crippen molar-refractivity contribution in [2.24, 2.45) is 0 Å². The number of pyridine rings is 1. The molecule has 2 heterocycles. The normalized spacial score (nSPS) is 13.9. The fourth-order valence-electron chi connectivity index (χ4n) is 3.71. The van der Waals surface area contributed by atoms with Crippen LogP contribution in [-0.4, -0.2) is 33.5 Å². The molecule has 2 aromatic heterocycles. The standard InChI is InChI=1S/C22H18ClN3O4/c1-30-14-3-4-15(18(27)10-14)20-16-9-13(23)2-5-17(16)26(21(20)22(28)29)11-12-6-7-25-19(24)8-12/h2-9H,10-11H2,1H3,(H2,24,25)(H,28,29). The lowest BCUT2D eigenvalue weighted by Gasteiger charge is -2.14. The number of aromatic carboxylic acids is 1. The van der Waals surface area contributed by atoms with Gasteiger partial charge in [0.1, 0.15) is 17.3 Å². The summed E-state index contributed by atoms with van der Waals surface area (Å²) in [5, 5.41) is 11.1. The number of rotatable bonds is 5. The largest absolute Gasteiger partial charge is 0.501 e. The number of benzene rings is 1. The predicted molar refractivity (Wildman–Crippen MR) is 114 cm³/mol. The number of hydrogen-bond acceptors (Lipinski definition) is 5. The van der Waals surface area contributed by atoms with Crippen molar-refractivity contribution in [3.8, 4) is 0 Å². The third-order valence-electron chi connectivity index (χ3n) is 5.02. The van der Waals surface area contributed by atoms with Crippen LogP contribution in [0.15, 0.2) is 54.4 Å². The highest BCUT2D eigenvalue weighted by molar-refractivity contribution is 6.32. The molecule has 3 aromatic rings. The summed E-state index contributed by atoms with van der Waals surface area (Å²) in [6.07, 6.45) is 4.91. The molecular formula is C22H18ClN3O4. The van der Waals surface area contributed by atoms with Gasteiger partial charge in [-0.25, -0.2) is 9.78 Å². The highest BCUT2D eigenvalue weighted by Crippen LogP contribution is 2.37. The van der Waals surface area contributed by atoms with Gasteiger partial charge in [-0.1, -0.05) is 11.6 Å². The lowest BCUT2D eigenvalue weighted by Crippen LogP contribution is -2.14. The first kappa shape index (κ1) is 19.7. The van der Waals surface area contributed by atoms with Crippen molar-refractivity contribution >= 4 is 45.6 Å². The number of carbonyl (C=O) groups is 2. The molecule has 152 valence electrons. The highest BCUT2D eigenvalue weighted by atomic mass is 35.5. The molecule has 4 rings (SSSR count). The van der Waals surface area contributed by atoms with Gasteiger partial charge >= 0.3 is 5.97 Å². The smallest absolute Gasteiger partial charge is 0.353 e. The fourth-order valence-corrected chi connectivity index (χ4v) is 3.88. The second kappa shape index (κ2) is 7.68. The Morgan fingerprint density at radius 3 is 2.77 bits per heavy atom. The minimum atomic E-state index is -1.14. The number of carbonyl (C=O) groups excluding carboxylic acids is 1. The van der Waals surface area contributed by atoms with E-state index in [0.29, 0.717) is 38.6 Å². The van der Waals surface area contributed by atoms with E-state index in [1.807, 2.05) is 0 Å². The van der Waals surface area contributed by atoms with Gasteiger partial charge < -0.3 is 20.1 Å². The van der Waals surface area contributed by atoms with Crippen molar-refractivity contribution in [1.29, 1.82) is 0 Å². The van der Waals surface area contributed by atoms with E-state index in [4.69, 9.17) is 22.1 Å². The Morgan fingerprint density at radius 2 is 2.10 bits per heavy atom. The van der Waals surface area contributed by atoms with E-state index >= 15 is 0 Å². The van der Waals surface area contributed by atoms with E-state index in [1.165, 1.54) is 7.11 Å². The number of ketones is 1. The lowest BCUT2D eigenvalue weighted by molar-refractivity contribution is -0.113. The van der Waals surface area contributed by atoms with Crippen LogP contribution in [0.25, 0.3) is 16.5 Å². The first-order chi connectivity index (χ1) is 14.4. The predicted octanol–water partition coefficient (Wildman–Crippen LogP) is 3.90. The second-order valence-corrected chi connectivity index (χ2v) is 7.32. The summed E-state index contributed by atoms with van der Waals surface area (Å²) in [6, 6.07) is 8.58. The van der Waals surface area contributed by atoms with Crippen molar-refractivity contribution in [2.45, 2.75) is 13.0 Å². The van der Waals surface area contributed by atoms with E-state index in [1.54, 1.807) is 53.2 Å². The number of methoxy groups -OCH3 is 1. The van der Waals surface area contributed by atoms with Crippen molar-refractivity contribution < 1.29 is 19.4 Å². The van der Waals surface area contributed by atoms with Gasteiger partial charge in [-0.15, -0.1) is 0 Å². The SMILES string of the molecule is COC1=CC=C(c2c(C(=O)O)n(Cc3ccnc(N)c3)c3ccc(Cl)cc23)C(=O)C1. The molecule has 7 nitrogen and oxygen atoms in total. The van der Waals surface area contributed by atoms with Crippen molar-refractivity contribution in [3.05, 3.63) is 76.3 Å². The average molecular weight is 424 g/mol. The molecule has 0 fully saturated rings. The van der Waals surface area contributed by atoms with E-state index in [0.717, 1.165) is 5.56 Å². The minimum Gasteiger partial charge on any atom is -0.501 e. The summed E-state index contributed by atoms with van der Waals surface area (Å²) in [6.45, 7) is 0.243. The number of fused-ring (bicyclic) bond motifs is 1. The molecule has 8 heteroatoms. The summed E-state index contributed by atoms with van der Waals surface area (Å²) >= 11 is 6.22. The number of anilines is 1. The Hall–Kier alpha value is -3.58. The van der Waals surface area contributed by atoms with Crippen molar-refractivity contribution in [3.63, 3.8) is 0 Å². The molecule has 30 heavy (non-hydrogen) atoms. The third-order valence-corrected chi connectivity index (χ3v) is 5.25. The van der Waals surface area contributed by atoms with Gasteiger partial charge in [-0.05, 0) is 48.0 Å². The number of carboxylic acid groups (broad SMARTS) is 1. The molecule has 0 spiro atoms. The number of aromatic nitrogens is 2. The maximum atomic E-state index is 12.8. The summed E-state index contributed by atoms with van der Waals surface area (Å²) in [4.78, 5) is 29.2. The molecular weight excluding hydrogens is 406 g/mol. The third kappa shape index (κ3) is 3.44. The quantitative estimate of drug-likeness (QED) is 0.644. The molecule has 1 aromatic carbocycles. The van der Waals surface area contributed by atoms with Crippen LogP contribution in [0.1, 0.15) is 28.0 Å². The first-order valence-corrected chi connectivity index (χ1v) is 9.50. The number of halogens is 1. The molecule has 0 saturated heterocycles. The Balaban J connectivity index is 2.00. The number of nitrogens with zero attached hydrogens (tertiary/aromatic N) is 2. The van der Waals surface area contributed by atoms with Gasteiger partial charge in [-0.3, -0.25) is 4.79 Å². The summed E-state index contributed by atoms with van der Waals surface area (Å²) < 4.78 is 6.82. The van der Waals surface area contributed by atoms with Crippen LogP contribution in [0.5, 0.6) is 0 Å². The van der Waals surface area contributed by atoms with E-state index in [-0.39, 0.29) is 24.4 Å². The number of hydrogen-bond donors (Lipinski definition) is 2. The summed E-state index contributed by atoms with van der Waals surface area (Å²) in [5.41, 5.74) is 7.89. The van der Waals surface area contributed by atoms with Crippen LogP contribution >= 0.6 is 11.6 Å². The number of nitrogen functional groups attached to an aromatic ring is 1. The van der Waals surface area contributed by atoms with E-state index in [2.05, 4.69) is 4.98 Å². The number of Topliss-reactive ketones (excluding diaryl/α,β-unsaturated/α-hetero) is 1. The van der Waals surface area contributed by atoms with E-state index < -0.39 is 5.97 Å². The fraction of sp³-hybridized carbons (Fsp3) is 0.136. The van der Waals surface area contributed by atoms with Crippen molar-refractivity contribution in [2.75, 3.05) is 12.8 Å². The molecule has 1 aliphatic carbocycles. The zero-order chi connectivity index (χ0) is 21.4. The first-order valence-electron chi connectivity index (χ1n) is 9.13. The monoisotopic (exact) mass is 423 g/mol. The molecule has 0 atom stereocenters. The van der Waals surface area contributed by atoms with Gasteiger partial charge in [0.05, 0.1) is 13.5 Å². The Morgan fingerprint density at radius 1 is 1.30 bits per heavy atom. The average Bonchev–Trinajstić information content (AvgIpc) is 3.01. The summed E-state index contributed by atoms with van der Waals surface area (Å²) in [5.74, 6) is -0.500. The molecule has 0 amide bonds. The number of carboxylic acids is 1. The molecule has 0 radical (unpaired) electrons. The molecule has 0 unspecified atom stereocenters. The van der Waals surface area contributed by atoms with Crippen LogP contribution in [-0.2, 0) is 16.1 Å². The minimum absolute atomic E-state index is 0.0107. The lowest BCUT2D eigenvalue weighted by atomic mass is 9.93. The van der Waals surface area contributed by atoms with Gasteiger partial charge in [0.2, 0.25) is 0 Å². The van der Waals surface area contributed by atoms with Crippen molar-refractivity contribution in [1.82, 2.24) is 9.55 Å². The van der Waals surface area contributed by atoms with Gasteiger partial charge in [0.25, 0.3) is 0 Å². The van der Waals surface area contributed by atoms with Gasteiger partial charge in [0, 0.05) is 39.8 Å². The zero-order valence-electron chi connectivity index (χ0n) is 16.1. The van der Waals surface area contributed by atoms with Crippen LogP contribution in [0.2, 0.25) is 5.02 Å². The molecule has 1 aliphatic rings. The number of allylic oxidation sites excluding steroid dienone is 4. The van der Waals surface area contributed by atoms with Gasteiger partial charge in [0.15, 0.2) is 5.78 Å². The Labute approximate surface area is 177 Å². The topological polar surface area (TPSA) is 107 Å². The maximum absolute atomic E-state index is 12.8. The maximum Gasteiger partial charge on any atom is 0.353 e. The molecule has 0 saturated carbocycles. The van der Waals surface area contributed by atoms with Crippen LogP contribution in [0.3, 0.4) is 0 Å². The van der Waals surface area contributed by atoms with Crippen LogP contribution in [0.4, 0.5) is 5.82 Å². The summed E-state index contributed by atoms with van der Waals surface area (Å²) in [7, 11) is 1.49. The van der Waals surface area contributed by atoms with E-state index in [9.17, 15) is 14.7 Å². The number of ether oxygens (including phenoxy) is 1. The second-order valence-electron chi connectivity index (χ2n) is 6.88. The Kier molecular flexibility index (Phi) is 5.05. The van der Waals surface area contributed by atoms with Gasteiger partial charge in [-0.2, -0.15) is 0 Å². The van der Waals surface area contributed by atoms with Crippen LogP contribution in [0, 0.1) is 0 Å². The highest BCUT2D eigenvalue weighted by Gasteiger charge is 2.29.